The van der Waals surface area contributed by atoms with Gasteiger partial charge in [-0.1, -0.05) is 29.8 Å². The molecule has 2 aromatic heterocycles. The summed E-state index contributed by atoms with van der Waals surface area (Å²) in [6.07, 6.45) is 1.51. The zero-order chi connectivity index (χ0) is 17.6. The van der Waals surface area contributed by atoms with Gasteiger partial charge in [0.2, 0.25) is 0 Å². The van der Waals surface area contributed by atoms with Gasteiger partial charge in [-0.05, 0) is 6.92 Å². The molecule has 0 fully saturated rings. The molecule has 0 aliphatic heterocycles. The number of nitrogens with zero attached hydrogens (tertiary/aromatic N) is 3. The summed E-state index contributed by atoms with van der Waals surface area (Å²) in [5.74, 6) is 0. The number of aromatic nitrogens is 3. The molecule has 0 atom stereocenters. The number of nitrogens with one attached hydrogen (secondary N) is 1. The van der Waals surface area contributed by atoms with E-state index < -0.39 is 17.3 Å². The van der Waals surface area contributed by atoms with Crippen LogP contribution >= 0.6 is 0 Å². The van der Waals surface area contributed by atoms with Crippen LogP contribution in [0.25, 0.3) is 22.2 Å². The molecule has 0 saturated heterocycles. The molecule has 2 amide bonds. The van der Waals surface area contributed by atoms with Gasteiger partial charge in [-0.2, -0.15) is 0 Å². The maximum Gasteiger partial charge on any atom is 0.331 e. The first-order valence-electron chi connectivity index (χ1n) is 7.26. The predicted octanol–water partition coefficient (Wildman–Crippen LogP) is 0.636. The van der Waals surface area contributed by atoms with Crippen LogP contribution in [0.4, 0.5) is 4.79 Å². The van der Waals surface area contributed by atoms with Gasteiger partial charge in [0.05, 0.1) is 22.8 Å². The van der Waals surface area contributed by atoms with Gasteiger partial charge in [0.25, 0.3) is 5.56 Å². The number of carbonyl (C=O) groups excluding carboxylic acids is 1. The van der Waals surface area contributed by atoms with E-state index in [0.29, 0.717) is 16.6 Å². The third-order valence-electron chi connectivity index (χ3n) is 3.99. The fourth-order valence-corrected chi connectivity index (χ4v) is 2.74. The van der Waals surface area contributed by atoms with Crippen molar-refractivity contribution in [3.05, 3.63) is 56.9 Å². The maximum atomic E-state index is 12.7. The summed E-state index contributed by atoms with van der Waals surface area (Å²) in [7, 11) is 2.99. The van der Waals surface area contributed by atoms with Crippen LogP contribution in [0.2, 0.25) is 0 Å². The minimum absolute atomic E-state index is 0.331. The molecule has 3 N–H and O–H groups in total. The van der Waals surface area contributed by atoms with Crippen molar-refractivity contribution in [1.29, 1.82) is 0 Å². The van der Waals surface area contributed by atoms with Crippen LogP contribution in [0.5, 0.6) is 0 Å². The number of primary amides is 1. The minimum Gasteiger partial charge on any atom is -0.350 e. The summed E-state index contributed by atoms with van der Waals surface area (Å²) in [6.45, 7) is 1.95. The quantitative estimate of drug-likeness (QED) is 0.721. The number of benzene rings is 1. The van der Waals surface area contributed by atoms with E-state index in [2.05, 4.69) is 5.43 Å². The van der Waals surface area contributed by atoms with Crippen molar-refractivity contribution in [3.63, 3.8) is 0 Å². The second-order valence-corrected chi connectivity index (χ2v) is 5.66. The SMILES string of the molecule is Cc1ccc(-c2c3c(=O)n(C)c(=O)n(C)c3cn2NC(N)=O)cc1. The molecule has 1 aromatic carbocycles. The maximum absolute atomic E-state index is 12.7. The molecule has 8 heteroatoms. The summed E-state index contributed by atoms with van der Waals surface area (Å²) >= 11 is 0. The molecule has 124 valence electrons. The Morgan fingerprint density at radius 1 is 1.08 bits per heavy atom. The highest BCUT2D eigenvalue weighted by Crippen LogP contribution is 2.27. The van der Waals surface area contributed by atoms with E-state index >= 15 is 0 Å². The van der Waals surface area contributed by atoms with Gasteiger partial charge < -0.3 is 5.73 Å². The minimum atomic E-state index is -0.773. The normalized spacial score (nSPS) is 11.0. The predicted molar refractivity (Wildman–Crippen MR) is 91.5 cm³/mol. The van der Waals surface area contributed by atoms with E-state index in [9.17, 15) is 14.4 Å². The standard InChI is InChI=1S/C16H17N5O3/c1-9-4-6-10(7-5-9)13-12-11(8-21(13)18-15(17)23)19(2)16(24)20(3)14(12)22/h4-8H,1-3H3,(H3,17,18,23). The van der Waals surface area contributed by atoms with Crippen molar-refractivity contribution in [3.8, 4) is 11.3 Å². The van der Waals surface area contributed by atoms with Crippen molar-refractivity contribution in [2.24, 2.45) is 19.8 Å². The molecule has 3 aromatic rings. The summed E-state index contributed by atoms with van der Waals surface area (Å²) in [5.41, 5.74) is 9.47. The monoisotopic (exact) mass is 327 g/mol. The fraction of sp³-hybridized carbons (Fsp3) is 0.188. The summed E-state index contributed by atoms with van der Waals surface area (Å²) in [5, 5.41) is 0.331. The number of rotatable bonds is 2. The number of aryl methyl sites for hydroxylation is 2. The Bertz CT molecular complexity index is 1070. The summed E-state index contributed by atoms with van der Waals surface area (Å²) in [4.78, 5) is 36.1. The Kier molecular flexibility index (Phi) is 3.52. The molecule has 2 heterocycles. The number of carbonyl (C=O) groups is 1. The van der Waals surface area contributed by atoms with E-state index in [0.717, 1.165) is 15.7 Å². The van der Waals surface area contributed by atoms with Crippen LogP contribution in [0.3, 0.4) is 0 Å². The van der Waals surface area contributed by atoms with Crippen LogP contribution in [0.15, 0.2) is 40.1 Å². The van der Waals surface area contributed by atoms with Crippen molar-refractivity contribution >= 4 is 16.9 Å². The van der Waals surface area contributed by atoms with E-state index in [4.69, 9.17) is 5.73 Å². The van der Waals surface area contributed by atoms with Gasteiger partial charge in [-0.25, -0.2) is 15.0 Å². The molecule has 0 saturated carbocycles. The Morgan fingerprint density at radius 3 is 2.29 bits per heavy atom. The van der Waals surface area contributed by atoms with Gasteiger partial charge in [0, 0.05) is 19.7 Å². The zero-order valence-corrected chi connectivity index (χ0v) is 13.5. The molecular formula is C16H17N5O3. The molecule has 0 bridgehead atoms. The highest BCUT2D eigenvalue weighted by atomic mass is 16.2. The molecule has 0 spiro atoms. The number of hydrogen-bond donors (Lipinski definition) is 2. The van der Waals surface area contributed by atoms with E-state index in [-0.39, 0.29) is 0 Å². The molecule has 0 radical (unpaired) electrons. The number of amides is 2. The van der Waals surface area contributed by atoms with Crippen molar-refractivity contribution in [2.75, 3.05) is 5.43 Å². The van der Waals surface area contributed by atoms with E-state index in [1.165, 1.54) is 22.5 Å². The number of urea groups is 1. The van der Waals surface area contributed by atoms with Crippen LogP contribution in [-0.2, 0) is 14.1 Å². The lowest BCUT2D eigenvalue weighted by Gasteiger charge is -2.10. The third-order valence-corrected chi connectivity index (χ3v) is 3.99. The highest BCUT2D eigenvalue weighted by molar-refractivity contribution is 5.95. The third kappa shape index (κ3) is 2.28. The lowest BCUT2D eigenvalue weighted by atomic mass is 10.1. The first-order valence-corrected chi connectivity index (χ1v) is 7.26. The average Bonchev–Trinajstić information content (AvgIpc) is 2.90. The first-order chi connectivity index (χ1) is 11.3. The number of fused-ring (bicyclic) bond motifs is 1. The molecule has 24 heavy (non-hydrogen) atoms. The topological polar surface area (TPSA) is 104 Å². The largest absolute Gasteiger partial charge is 0.350 e. The van der Waals surface area contributed by atoms with E-state index in [1.807, 2.05) is 31.2 Å². The van der Waals surface area contributed by atoms with Gasteiger partial charge in [-0.3, -0.25) is 18.6 Å². The zero-order valence-electron chi connectivity index (χ0n) is 13.5. The van der Waals surface area contributed by atoms with Crippen LogP contribution in [-0.4, -0.2) is 19.8 Å². The van der Waals surface area contributed by atoms with E-state index in [1.54, 1.807) is 7.05 Å². The average molecular weight is 327 g/mol. The van der Waals surface area contributed by atoms with Crippen molar-refractivity contribution in [2.45, 2.75) is 6.92 Å². The molecule has 0 aliphatic rings. The Balaban J connectivity index is 2.48. The second-order valence-electron chi connectivity index (χ2n) is 5.66. The summed E-state index contributed by atoms with van der Waals surface area (Å²) < 4.78 is 3.76. The van der Waals surface area contributed by atoms with Gasteiger partial charge in [0.1, 0.15) is 0 Å². The first kappa shape index (κ1) is 15.6. The molecule has 0 unspecified atom stereocenters. The molecular weight excluding hydrogens is 310 g/mol. The fourth-order valence-electron chi connectivity index (χ4n) is 2.74. The molecule has 8 nitrogen and oxygen atoms in total. The van der Waals surface area contributed by atoms with Crippen molar-refractivity contribution in [1.82, 2.24) is 13.8 Å². The van der Waals surface area contributed by atoms with Gasteiger partial charge >= 0.3 is 11.7 Å². The lowest BCUT2D eigenvalue weighted by molar-refractivity contribution is 0.257. The molecule has 0 aliphatic carbocycles. The van der Waals surface area contributed by atoms with Crippen LogP contribution in [0.1, 0.15) is 5.56 Å². The Hall–Kier alpha value is -3.29. The molecule has 3 rings (SSSR count). The Morgan fingerprint density at radius 2 is 1.71 bits per heavy atom. The van der Waals surface area contributed by atoms with Crippen LogP contribution < -0.4 is 22.4 Å². The smallest absolute Gasteiger partial charge is 0.331 e. The second kappa shape index (κ2) is 5.41. The number of hydrogen-bond acceptors (Lipinski definition) is 3. The van der Waals surface area contributed by atoms with Crippen LogP contribution in [0, 0.1) is 6.92 Å². The summed E-state index contributed by atoms with van der Waals surface area (Å²) in [6, 6.07) is 6.71. The lowest BCUT2D eigenvalue weighted by Crippen LogP contribution is -2.36. The highest BCUT2D eigenvalue weighted by Gasteiger charge is 2.19. The Labute approximate surface area is 136 Å². The van der Waals surface area contributed by atoms with Crippen molar-refractivity contribution < 1.29 is 4.79 Å². The number of nitrogens with two attached hydrogens (primary N) is 1. The van der Waals surface area contributed by atoms with Gasteiger partial charge in [-0.15, -0.1) is 0 Å². The van der Waals surface area contributed by atoms with Gasteiger partial charge in [0.15, 0.2) is 0 Å².